The summed E-state index contributed by atoms with van der Waals surface area (Å²) in [5.74, 6) is 0.471. The van der Waals surface area contributed by atoms with Gasteiger partial charge < -0.3 is 9.84 Å². The van der Waals surface area contributed by atoms with E-state index >= 15 is 0 Å². The third-order valence-corrected chi connectivity index (χ3v) is 4.11. The van der Waals surface area contributed by atoms with Crippen molar-refractivity contribution in [2.45, 2.75) is 5.75 Å². The quantitative estimate of drug-likeness (QED) is 0.792. The summed E-state index contributed by atoms with van der Waals surface area (Å²) in [7, 11) is 1.56. The summed E-state index contributed by atoms with van der Waals surface area (Å²) in [5.41, 5.74) is 1.60. The van der Waals surface area contributed by atoms with Crippen molar-refractivity contribution in [3.63, 3.8) is 0 Å². The average molecular weight is 316 g/mol. The largest absolute Gasteiger partial charge is 0.497 e. The van der Waals surface area contributed by atoms with E-state index in [-0.39, 0.29) is 11.3 Å². The Kier molecular flexibility index (Phi) is 5.61. The molecular formula is C17H16O4S. The molecule has 0 fully saturated rings. The Labute approximate surface area is 133 Å². The summed E-state index contributed by atoms with van der Waals surface area (Å²) in [4.78, 5) is 23.2. The highest BCUT2D eigenvalue weighted by Crippen LogP contribution is 2.19. The number of ketones is 1. The van der Waals surface area contributed by atoms with E-state index in [1.807, 2.05) is 0 Å². The van der Waals surface area contributed by atoms with E-state index in [2.05, 4.69) is 0 Å². The van der Waals surface area contributed by atoms with Crippen molar-refractivity contribution < 1.29 is 19.4 Å². The molecule has 2 aromatic rings. The minimum atomic E-state index is -0.949. The zero-order chi connectivity index (χ0) is 15.9. The highest BCUT2D eigenvalue weighted by atomic mass is 32.2. The van der Waals surface area contributed by atoms with Crippen molar-refractivity contribution in [1.29, 1.82) is 0 Å². The van der Waals surface area contributed by atoms with E-state index < -0.39 is 5.97 Å². The molecule has 0 bridgehead atoms. The van der Waals surface area contributed by atoms with Gasteiger partial charge in [0.2, 0.25) is 0 Å². The number of rotatable bonds is 7. The number of thioether (sulfide) groups is 1. The van der Waals surface area contributed by atoms with Gasteiger partial charge in [0.1, 0.15) is 5.75 Å². The zero-order valence-electron chi connectivity index (χ0n) is 12.1. The Morgan fingerprint density at radius 2 is 1.91 bits per heavy atom. The third kappa shape index (κ3) is 4.11. The number of benzene rings is 2. The smallest absolute Gasteiger partial charge is 0.335 e. The molecule has 0 aliphatic rings. The van der Waals surface area contributed by atoms with Crippen molar-refractivity contribution >= 4 is 23.5 Å². The summed E-state index contributed by atoms with van der Waals surface area (Å²) in [5, 5.41) is 9.12. The molecule has 4 nitrogen and oxygen atoms in total. The van der Waals surface area contributed by atoms with Crippen molar-refractivity contribution in [3.05, 3.63) is 65.2 Å². The molecule has 0 unspecified atom stereocenters. The molecule has 22 heavy (non-hydrogen) atoms. The van der Waals surface area contributed by atoms with Gasteiger partial charge in [-0.15, -0.1) is 11.8 Å². The molecule has 0 spiro atoms. The van der Waals surface area contributed by atoms with Crippen molar-refractivity contribution in [2.24, 2.45) is 0 Å². The van der Waals surface area contributed by atoms with Crippen molar-refractivity contribution in [2.75, 3.05) is 12.9 Å². The van der Waals surface area contributed by atoms with Gasteiger partial charge in [-0.05, 0) is 23.8 Å². The third-order valence-electron chi connectivity index (χ3n) is 3.13. The number of aromatic carboxylic acids is 1. The molecule has 2 aromatic carbocycles. The zero-order valence-corrected chi connectivity index (χ0v) is 12.9. The normalized spacial score (nSPS) is 10.2. The standard InChI is InChI=1S/C17H16O4S/c1-21-14-7-4-6-12(9-14)16(18)11-22-10-13-5-2-3-8-15(13)17(19)20/h2-9H,10-11H2,1H3,(H,19,20). The number of methoxy groups -OCH3 is 1. The van der Waals surface area contributed by atoms with Gasteiger partial charge in [0, 0.05) is 11.3 Å². The number of Topliss-reactive ketones (excluding diaryl/α,β-unsaturated/α-hetero) is 1. The molecular weight excluding hydrogens is 300 g/mol. The fourth-order valence-corrected chi connectivity index (χ4v) is 2.91. The fraction of sp³-hybridized carbons (Fsp3) is 0.176. The lowest BCUT2D eigenvalue weighted by molar-refractivity contribution is 0.0696. The highest BCUT2D eigenvalue weighted by Gasteiger charge is 2.11. The van der Waals surface area contributed by atoms with Crippen LogP contribution in [0.2, 0.25) is 0 Å². The second-order valence-electron chi connectivity index (χ2n) is 4.61. The van der Waals surface area contributed by atoms with Crippen LogP contribution in [0.15, 0.2) is 48.5 Å². The maximum absolute atomic E-state index is 12.1. The maximum Gasteiger partial charge on any atom is 0.335 e. The van der Waals surface area contributed by atoms with Crippen LogP contribution in [0.25, 0.3) is 0 Å². The van der Waals surface area contributed by atoms with E-state index in [0.29, 0.717) is 22.8 Å². The number of carbonyl (C=O) groups is 2. The van der Waals surface area contributed by atoms with Crippen LogP contribution in [0, 0.1) is 0 Å². The summed E-state index contributed by atoms with van der Waals surface area (Å²) in [6, 6.07) is 13.8. The first kappa shape index (κ1) is 16.1. The Bertz CT molecular complexity index is 682. The Morgan fingerprint density at radius 1 is 1.14 bits per heavy atom. The minimum Gasteiger partial charge on any atom is -0.497 e. The molecule has 5 heteroatoms. The molecule has 0 aliphatic heterocycles. The maximum atomic E-state index is 12.1. The van der Waals surface area contributed by atoms with Gasteiger partial charge in [0.05, 0.1) is 18.4 Å². The molecule has 114 valence electrons. The van der Waals surface area contributed by atoms with Crippen molar-refractivity contribution in [3.8, 4) is 5.75 Å². The summed E-state index contributed by atoms with van der Waals surface area (Å²) >= 11 is 1.40. The van der Waals surface area contributed by atoms with Crippen LogP contribution in [-0.4, -0.2) is 29.7 Å². The van der Waals surface area contributed by atoms with E-state index in [4.69, 9.17) is 9.84 Å². The molecule has 1 N–H and O–H groups in total. The highest BCUT2D eigenvalue weighted by molar-refractivity contribution is 7.99. The van der Waals surface area contributed by atoms with Crippen LogP contribution in [0.5, 0.6) is 5.75 Å². The summed E-state index contributed by atoms with van der Waals surface area (Å²) < 4.78 is 5.10. The number of hydrogen-bond acceptors (Lipinski definition) is 4. The molecule has 2 rings (SSSR count). The monoisotopic (exact) mass is 316 g/mol. The predicted octanol–water partition coefficient (Wildman–Crippen LogP) is 3.51. The van der Waals surface area contributed by atoms with Crippen LogP contribution in [-0.2, 0) is 5.75 Å². The number of carboxylic acid groups (broad SMARTS) is 1. The lowest BCUT2D eigenvalue weighted by atomic mass is 10.1. The molecule has 0 saturated carbocycles. The van der Waals surface area contributed by atoms with Gasteiger partial charge in [-0.3, -0.25) is 4.79 Å². The molecule has 0 radical (unpaired) electrons. The summed E-state index contributed by atoms with van der Waals surface area (Å²) in [6.45, 7) is 0. The number of hydrogen-bond donors (Lipinski definition) is 1. The van der Waals surface area contributed by atoms with Gasteiger partial charge in [-0.25, -0.2) is 4.79 Å². The molecule has 0 atom stereocenters. The number of carboxylic acids is 1. The Morgan fingerprint density at radius 3 is 2.64 bits per heavy atom. The van der Waals surface area contributed by atoms with E-state index in [1.165, 1.54) is 11.8 Å². The number of ether oxygens (including phenoxy) is 1. The fourth-order valence-electron chi connectivity index (χ4n) is 1.99. The van der Waals surface area contributed by atoms with Crippen molar-refractivity contribution in [1.82, 2.24) is 0 Å². The van der Waals surface area contributed by atoms with Crippen LogP contribution in [0.1, 0.15) is 26.3 Å². The SMILES string of the molecule is COc1cccc(C(=O)CSCc2ccccc2C(=O)O)c1. The second-order valence-corrected chi connectivity index (χ2v) is 5.60. The van der Waals surface area contributed by atoms with Crippen LogP contribution in [0.3, 0.4) is 0 Å². The predicted molar refractivity (Wildman–Crippen MR) is 86.9 cm³/mol. The first-order chi connectivity index (χ1) is 10.6. The van der Waals surface area contributed by atoms with Gasteiger partial charge in [-0.1, -0.05) is 30.3 Å². The van der Waals surface area contributed by atoms with Gasteiger partial charge in [0.25, 0.3) is 0 Å². The van der Waals surface area contributed by atoms with Gasteiger partial charge >= 0.3 is 5.97 Å². The first-order valence-electron chi connectivity index (χ1n) is 6.68. The number of carbonyl (C=O) groups excluding carboxylic acids is 1. The summed E-state index contributed by atoms with van der Waals surface area (Å²) in [6.07, 6.45) is 0. The average Bonchev–Trinajstić information content (AvgIpc) is 2.55. The molecule has 0 saturated heterocycles. The van der Waals surface area contributed by atoms with Crippen LogP contribution in [0.4, 0.5) is 0 Å². The molecule has 0 heterocycles. The molecule has 0 amide bonds. The van der Waals surface area contributed by atoms with Gasteiger partial charge in [0.15, 0.2) is 5.78 Å². The first-order valence-corrected chi connectivity index (χ1v) is 7.83. The van der Waals surface area contributed by atoms with E-state index in [1.54, 1.807) is 55.6 Å². The lowest BCUT2D eigenvalue weighted by Crippen LogP contribution is -2.05. The Balaban J connectivity index is 1.96. The minimum absolute atomic E-state index is 0.00305. The van der Waals surface area contributed by atoms with E-state index in [9.17, 15) is 9.59 Å². The molecule has 0 aromatic heterocycles. The van der Waals surface area contributed by atoms with Crippen LogP contribution >= 0.6 is 11.8 Å². The van der Waals surface area contributed by atoms with E-state index in [0.717, 1.165) is 5.56 Å². The topological polar surface area (TPSA) is 63.6 Å². The van der Waals surface area contributed by atoms with Crippen LogP contribution < -0.4 is 4.74 Å². The van der Waals surface area contributed by atoms with Gasteiger partial charge in [-0.2, -0.15) is 0 Å². The Hall–Kier alpha value is -2.27. The lowest BCUT2D eigenvalue weighted by Gasteiger charge is -2.06. The second kappa shape index (κ2) is 7.66. The molecule has 0 aliphatic carbocycles.